The molecule has 0 saturated heterocycles. The Bertz CT molecular complexity index is 539. The van der Waals surface area contributed by atoms with Gasteiger partial charge < -0.3 is 9.52 Å². The second-order valence-electron chi connectivity index (χ2n) is 3.37. The molecule has 0 radical (unpaired) electrons. The number of carbonyl (C=O) groups is 1. The molecule has 5 nitrogen and oxygen atoms in total. The molecule has 0 spiro atoms. The van der Waals surface area contributed by atoms with Gasteiger partial charge in [0.15, 0.2) is 0 Å². The van der Waals surface area contributed by atoms with Gasteiger partial charge in [-0.2, -0.15) is 0 Å². The Kier molecular flexibility index (Phi) is 3.13. The Morgan fingerprint density at radius 1 is 1.35 bits per heavy atom. The van der Waals surface area contributed by atoms with Gasteiger partial charge in [0.1, 0.15) is 5.82 Å². The molecule has 17 heavy (non-hydrogen) atoms. The first-order valence-corrected chi connectivity index (χ1v) is 4.96. The van der Waals surface area contributed by atoms with Crippen molar-refractivity contribution in [2.24, 2.45) is 0 Å². The molecule has 0 aliphatic rings. The van der Waals surface area contributed by atoms with E-state index in [1.54, 1.807) is 12.1 Å². The van der Waals surface area contributed by atoms with Crippen molar-refractivity contribution >= 4 is 5.97 Å². The molecule has 0 aliphatic carbocycles. The fourth-order valence-corrected chi connectivity index (χ4v) is 1.31. The predicted molar refractivity (Wildman–Crippen MR) is 55.6 cm³/mol. The Labute approximate surface area is 95.9 Å². The third-order valence-electron chi connectivity index (χ3n) is 2.12. The Morgan fingerprint density at radius 2 is 2.12 bits per heavy atom. The highest BCUT2D eigenvalue weighted by Gasteiger charge is 2.12. The fourth-order valence-electron chi connectivity index (χ4n) is 1.31. The third-order valence-corrected chi connectivity index (χ3v) is 2.12. The molecule has 0 aliphatic heterocycles. The second-order valence-corrected chi connectivity index (χ2v) is 3.37. The lowest BCUT2D eigenvalue weighted by Gasteiger charge is -1.95. The Morgan fingerprint density at radius 3 is 2.82 bits per heavy atom. The van der Waals surface area contributed by atoms with Crippen molar-refractivity contribution in [2.45, 2.75) is 12.8 Å². The first kappa shape index (κ1) is 11.3. The molecule has 0 amide bonds. The molecular weight excluding hydrogens is 227 g/mol. The number of hydrogen-bond donors (Lipinski definition) is 1. The number of carboxylic acids is 1. The maximum atomic E-state index is 13.4. The largest absolute Gasteiger partial charge is 0.481 e. The topological polar surface area (TPSA) is 76.2 Å². The van der Waals surface area contributed by atoms with Crippen LogP contribution in [0.1, 0.15) is 12.3 Å². The number of nitrogens with zero attached hydrogens (tertiary/aromatic N) is 2. The van der Waals surface area contributed by atoms with E-state index in [1.807, 2.05) is 0 Å². The van der Waals surface area contributed by atoms with E-state index in [0.29, 0.717) is 0 Å². The minimum atomic E-state index is -0.948. The van der Waals surface area contributed by atoms with E-state index < -0.39 is 11.8 Å². The van der Waals surface area contributed by atoms with Crippen LogP contribution < -0.4 is 0 Å². The van der Waals surface area contributed by atoms with Gasteiger partial charge in [0.05, 0.1) is 12.0 Å². The first-order valence-electron chi connectivity index (χ1n) is 4.96. The molecule has 1 heterocycles. The smallest absolute Gasteiger partial charge is 0.303 e. The van der Waals surface area contributed by atoms with Gasteiger partial charge in [0, 0.05) is 6.42 Å². The van der Waals surface area contributed by atoms with E-state index in [9.17, 15) is 9.18 Å². The molecule has 0 unspecified atom stereocenters. The SMILES string of the molecule is O=C(O)CCc1nnc(-c2ccccc2F)o1. The van der Waals surface area contributed by atoms with E-state index in [1.165, 1.54) is 12.1 Å². The number of benzene rings is 1. The van der Waals surface area contributed by atoms with Crippen LogP contribution in [0, 0.1) is 5.82 Å². The fraction of sp³-hybridized carbons (Fsp3) is 0.182. The molecule has 1 N–H and O–H groups in total. The molecule has 1 aromatic carbocycles. The summed E-state index contributed by atoms with van der Waals surface area (Å²) in [4.78, 5) is 10.4. The molecule has 88 valence electrons. The Hall–Kier alpha value is -2.24. The van der Waals surface area contributed by atoms with Crippen LogP contribution in [0.15, 0.2) is 28.7 Å². The van der Waals surface area contributed by atoms with Crippen LogP contribution in [-0.4, -0.2) is 21.3 Å². The van der Waals surface area contributed by atoms with E-state index in [4.69, 9.17) is 9.52 Å². The number of halogens is 1. The summed E-state index contributed by atoms with van der Waals surface area (Å²) in [6, 6.07) is 6.01. The van der Waals surface area contributed by atoms with Gasteiger partial charge in [-0.05, 0) is 12.1 Å². The van der Waals surface area contributed by atoms with Gasteiger partial charge in [-0.25, -0.2) is 4.39 Å². The van der Waals surface area contributed by atoms with E-state index >= 15 is 0 Å². The van der Waals surface area contributed by atoms with Crippen LogP contribution in [-0.2, 0) is 11.2 Å². The molecule has 6 heteroatoms. The zero-order chi connectivity index (χ0) is 12.3. The average Bonchev–Trinajstić information content (AvgIpc) is 2.75. The van der Waals surface area contributed by atoms with E-state index in [0.717, 1.165) is 0 Å². The van der Waals surface area contributed by atoms with Gasteiger partial charge in [-0.15, -0.1) is 10.2 Å². The summed E-state index contributed by atoms with van der Waals surface area (Å²) >= 11 is 0. The number of aliphatic carboxylic acids is 1. The summed E-state index contributed by atoms with van der Waals surface area (Å²) in [5, 5.41) is 15.8. The van der Waals surface area contributed by atoms with Crippen molar-refractivity contribution in [3.8, 4) is 11.5 Å². The summed E-state index contributed by atoms with van der Waals surface area (Å²) in [6.45, 7) is 0. The second kappa shape index (κ2) is 4.73. The molecule has 0 saturated carbocycles. The van der Waals surface area contributed by atoms with Crippen LogP contribution in [0.4, 0.5) is 4.39 Å². The highest BCUT2D eigenvalue weighted by molar-refractivity contribution is 5.66. The summed E-state index contributed by atoms with van der Waals surface area (Å²) in [6.07, 6.45) is 0.0374. The highest BCUT2D eigenvalue weighted by Crippen LogP contribution is 2.21. The average molecular weight is 236 g/mol. The molecule has 0 bridgehead atoms. The van der Waals surface area contributed by atoms with Gasteiger partial charge in [-0.3, -0.25) is 4.79 Å². The third kappa shape index (κ3) is 2.66. The van der Waals surface area contributed by atoms with E-state index in [2.05, 4.69) is 10.2 Å². The van der Waals surface area contributed by atoms with Gasteiger partial charge >= 0.3 is 5.97 Å². The maximum Gasteiger partial charge on any atom is 0.303 e. The number of aromatic nitrogens is 2. The lowest BCUT2D eigenvalue weighted by Crippen LogP contribution is -1.97. The Balaban J connectivity index is 2.18. The predicted octanol–water partition coefficient (Wildman–Crippen LogP) is 1.89. The molecule has 2 aromatic rings. The molecule has 2 rings (SSSR count). The van der Waals surface area contributed by atoms with Crippen molar-refractivity contribution in [3.05, 3.63) is 36.0 Å². The summed E-state index contributed by atoms with van der Waals surface area (Å²) in [5.74, 6) is -1.16. The number of hydrogen-bond acceptors (Lipinski definition) is 4. The lowest BCUT2D eigenvalue weighted by molar-refractivity contribution is -0.137. The van der Waals surface area contributed by atoms with Crippen LogP contribution >= 0.6 is 0 Å². The van der Waals surface area contributed by atoms with Crippen molar-refractivity contribution in [2.75, 3.05) is 0 Å². The summed E-state index contributed by atoms with van der Waals surface area (Å²) < 4.78 is 18.6. The summed E-state index contributed by atoms with van der Waals surface area (Å²) in [5.41, 5.74) is 0.210. The van der Waals surface area contributed by atoms with Crippen molar-refractivity contribution in [3.63, 3.8) is 0 Å². The van der Waals surface area contributed by atoms with Crippen LogP contribution in [0.2, 0.25) is 0 Å². The minimum Gasteiger partial charge on any atom is -0.481 e. The molecule has 0 atom stereocenters. The lowest BCUT2D eigenvalue weighted by atomic mass is 10.2. The quantitative estimate of drug-likeness (QED) is 0.877. The van der Waals surface area contributed by atoms with E-state index in [-0.39, 0.29) is 30.2 Å². The van der Waals surface area contributed by atoms with Gasteiger partial charge in [-0.1, -0.05) is 12.1 Å². The number of rotatable bonds is 4. The van der Waals surface area contributed by atoms with Gasteiger partial charge in [0.25, 0.3) is 5.89 Å². The summed E-state index contributed by atoms with van der Waals surface area (Å²) in [7, 11) is 0. The van der Waals surface area contributed by atoms with Crippen LogP contribution in [0.3, 0.4) is 0 Å². The first-order chi connectivity index (χ1) is 8.16. The highest BCUT2D eigenvalue weighted by atomic mass is 19.1. The van der Waals surface area contributed by atoms with Crippen molar-refractivity contribution in [1.82, 2.24) is 10.2 Å². The van der Waals surface area contributed by atoms with Crippen molar-refractivity contribution in [1.29, 1.82) is 0 Å². The molecular formula is C11H9FN2O3. The minimum absolute atomic E-state index is 0.0588. The molecule has 1 aromatic heterocycles. The zero-order valence-corrected chi connectivity index (χ0v) is 8.76. The number of carboxylic acid groups (broad SMARTS) is 1. The maximum absolute atomic E-state index is 13.4. The standard InChI is InChI=1S/C11H9FN2O3/c12-8-4-2-1-3-7(8)11-14-13-9(17-11)5-6-10(15)16/h1-4H,5-6H2,(H,15,16). The molecule has 0 fully saturated rings. The van der Waals surface area contributed by atoms with Crippen LogP contribution in [0.5, 0.6) is 0 Å². The van der Waals surface area contributed by atoms with Gasteiger partial charge in [0.2, 0.25) is 5.89 Å². The monoisotopic (exact) mass is 236 g/mol. The van der Waals surface area contributed by atoms with Crippen LogP contribution in [0.25, 0.3) is 11.5 Å². The van der Waals surface area contributed by atoms with Crippen molar-refractivity contribution < 1.29 is 18.7 Å². The normalized spacial score (nSPS) is 10.4. The number of aryl methyl sites for hydroxylation is 1. The zero-order valence-electron chi connectivity index (χ0n) is 8.76.